The third-order valence-electron chi connectivity index (χ3n) is 4.36. The van der Waals surface area contributed by atoms with E-state index in [0.29, 0.717) is 0 Å². The summed E-state index contributed by atoms with van der Waals surface area (Å²) in [6.07, 6.45) is 0. The molecule has 0 spiro atoms. The van der Waals surface area contributed by atoms with E-state index in [1.807, 2.05) is 0 Å². The van der Waals surface area contributed by atoms with Crippen molar-refractivity contribution in [2.24, 2.45) is 0 Å². The van der Waals surface area contributed by atoms with Crippen molar-refractivity contribution in [1.82, 2.24) is 20.4 Å². The van der Waals surface area contributed by atoms with Crippen LogP contribution in [0.1, 0.15) is 11.1 Å². The number of hydrogen-bond acceptors (Lipinski definition) is 4. The van der Waals surface area contributed by atoms with E-state index in [1.165, 1.54) is 24.2 Å². The molecule has 4 heteroatoms. The number of rotatable bonds is 4. The summed E-state index contributed by atoms with van der Waals surface area (Å²) < 4.78 is 0. The maximum atomic E-state index is 3.11. The Hall–Kier alpha value is -1.72. The van der Waals surface area contributed by atoms with Gasteiger partial charge in [-0.2, -0.15) is 0 Å². The lowest BCUT2D eigenvalue weighted by molar-refractivity contribution is 0.235. The monoisotopic (exact) mass is 324 g/mol. The van der Waals surface area contributed by atoms with Gasteiger partial charge in [0.15, 0.2) is 0 Å². The van der Waals surface area contributed by atoms with Crippen LogP contribution in [-0.2, 0) is 13.1 Å². The van der Waals surface area contributed by atoms with Gasteiger partial charge in [-0.25, -0.2) is 0 Å². The zero-order chi connectivity index (χ0) is 16.5. The summed E-state index contributed by atoms with van der Waals surface area (Å²) in [7, 11) is 0. The Morgan fingerprint density at radius 3 is 1.50 bits per heavy atom. The third kappa shape index (κ3) is 5.73. The second kappa shape index (κ2) is 9.55. The van der Waals surface area contributed by atoms with Gasteiger partial charge < -0.3 is 10.6 Å². The van der Waals surface area contributed by atoms with Gasteiger partial charge in [-0.1, -0.05) is 60.7 Å². The van der Waals surface area contributed by atoms with Crippen molar-refractivity contribution in [2.75, 3.05) is 39.5 Å². The predicted octanol–water partition coefficient (Wildman–Crippen LogP) is 2.10. The first kappa shape index (κ1) is 17.1. The van der Waals surface area contributed by atoms with Gasteiger partial charge >= 0.3 is 0 Å². The van der Waals surface area contributed by atoms with E-state index < -0.39 is 0 Å². The Labute approximate surface area is 145 Å². The van der Waals surface area contributed by atoms with Gasteiger partial charge in [0.1, 0.15) is 0 Å². The van der Waals surface area contributed by atoms with Crippen LogP contribution in [-0.4, -0.2) is 49.3 Å². The molecule has 2 aliphatic rings. The highest BCUT2D eigenvalue weighted by Crippen LogP contribution is 2.13. The Balaban J connectivity index is 0.000000290. The van der Waals surface area contributed by atoms with E-state index in [1.54, 1.807) is 0 Å². The largest absolute Gasteiger partial charge is 0.303 e. The molecule has 2 heterocycles. The van der Waals surface area contributed by atoms with E-state index in [2.05, 4.69) is 81.1 Å². The summed E-state index contributed by atoms with van der Waals surface area (Å²) in [5, 5.41) is 6.22. The fraction of sp³-hybridized carbons (Fsp3) is 0.400. The van der Waals surface area contributed by atoms with Crippen molar-refractivity contribution in [1.29, 1.82) is 0 Å². The highest BCUT2D eigenvalue weighted by atomic mass is 15.4. The second-order valence-corrected chi connectivity index (χ2v) is 6.39. The average molecular weight is 324 g/mol. The lowest BCUT2D eigenvalue weighted by Crippen LogP contribution is -2.24. The summed E-state index contributed by atoms with van der Waals surface area (Å²) in [5.41, 5.74) is 2.81. The minimum atomic E-state index is 1.00. The van der Waals surface area contributed by atoms with Gasteiger partial charge in [0.05, 0.1) is 6.67 Å². The molecule has 2 aromatic carbocycles. The van der Waals surface area contributed by atoms with E-state index in [4.69, 9.17) is 0 Å². The molecule has 128 valence electrons. The third-order valence-corrected chi connectivity index (χ3v) is 4.36. The van der Waals surface area contributed by atoms with E-state index >= 15 is 0 Å². The molecule has 0 radical (unpaired) electrons. The number of hydrogen-bond donors (Lipinski definition) is 2. The van der Waals surface area contributed by atoms with E-state index in [0.717, 1.165) is 39.5 Å². The molecule has 24 heavy (non-hydrogen) atoms. The van der Waals surface area contributed by atoms with Gasteiger partial charge in [-0.05, 0) is 11.1 Å². The first-order valence-electron chi connectivity index (χ1n) is 8.84. The van der Waals surface area contributed by atoms with Gasteiger partial charge in [0.25, 0.3) is 0 Å². The first-order valence-corrected chi connectivity index (χ1v) is 8.84. The van der Waals surface area contributed by atoms with Gasteiger partial charge in [-0.3, -0.25) is 9.80 Å². The molecule has 2 fully saturated rings. The Bertz CT molecular complexity index is 514. The molecule has 0 aromatic heterocycles. The van der Waals surface area contributed by atoms with Crippen LogP contribution in [0.2, 0.25) is 0 Å². The maximum absolute atomic E-state index is 3.11. The number of benzene rings is 2. The maximum Gasteiger partial charge on any atom is 0.0513 e. The van der Waals surface area contributed by atoms with Crippen LogP contribution in [0, 0.1) is 0 Å². The molecule has 0 bridgehead atoms. The van der Waals surface area contributed by atoms with Gasteiger partial charge in [0.2, 0.25) is 0 Å². The number of nitrogens with one attached hydrogen (secondary N) is 2. The van der Waals surface area contributed by atoms with Crippen molar-refractivity contribution in [3.8, 4) is 0 Å². The lowest BCUT2D eigenvalue weighted by atomic mass is 10.2. The molecule has 0 atom stereocenters. The molecule has 4 rings (SSSR count). The molecular formula is C20H28N4. The van der Waals surface area contributed by atoms with Crippen molar-refractivity contribution >= 4 is 0 Å². The van der Waals surface area contributed by atoms with E-state index in [-0.39, 0.29) is 0 Å². The second-order valence-electron chi connectivity index (χ2n) is 6.39. The fourth-order valence-corrected chi connectivity index (χ4v) is 3.09. The van der Waals surface area contributed by atoms with Crippen LogP contribution in [0.3, 0.4) is 0 Å². The van der Waals surface area contributed by atoms with Crippen molar-refractivity contribution in [2.45, 2.75) is 13.1 Å². The molecule has 2 N–H and O–H groups in total. The van der Waals surface area contributed by atoms with Crippen molar-refractivity contribution in [3.63, 3.8) is 0 Å². The lowest BCUT2D eigenvalue weighted by Gasteiger charge is -2.18. The van der Waals surface area contributed by atoms with Crippen LogP contribution < -0.4 is 10.6 Å². The molecule has 0 aliphatic carbocycles. The van der Waals surface area contributed by atoms with Crippen molar-refractivity contribution in [3.05, 3.63) is 71.8 Å². The first-order chi connectivity index (χ1) is 11.9. The van der Waals surface area contributed by atoms with Crippen molar-refractivity contribution < 1.29 is 0 Å². The van der Waals surface area contributed by atoms with Gasteiger partial charge in [-0.15, -0.1) is 0 Å². The fourth-order valence-electron chi connectivity index (χ4n) is 3.09. The molecule has 0 unspecified atom stereocenters. The normalized spacial score (nSPS) is 18.3. The molecule has 0 amide bonds. The average Bonchev–Trinajstić information content (AvgIpc) is 3.32. The minimum Gasteiger partial charge on any atom is -0.303 e. The Morgan fingerprint density at radius 2 is 1.12 bits per heavy atom. The SMILES string of the molecule is C1CNCN1.c1ccc(CN2CCN(Cc3ccccc3)C2)cc1. The van der Waals surface area contributed by atoms with Crippen LogP contribution in [0.5, 0.6) is 0 Å². The smallest absolute Gasteiger partial charge is 0.0513 e. The minimum absolute atomic E-state index is 1.00. The molecule has 2 aromatic rings. The summed E-state index contributed by atoms with van der Waals surface area (Å²) in [4.78, 5) is 5.02. The standard InChI is InChI=1S/C17H20N2.C3H8N2/c1-3-7-16(8-4-1)13-18-11-12-19(15-18)14-17-9-5-2-6-10-17;1-2-5-3-4-1/h1-10H,11-15H2;4-5H,1-3H2. The summed E-state index contributed by atoms with van der Waals surface area (Å²) in [5.74, 6) is 0. The summed E-state index contributed by atoms with van der Waals surface area (Å²) in [6, 6.07) is 21.5. The van der Waals surface area contributed by atoms with Crippen LogP contribution in [0.15, 0.2) is 60.7 Å². The number of nitrogens with zero attached hydrogens (tertiary/aromatic N) is 2. The molecule has 2 saturated heterocycles. The molecular weight excluding hydrogens is 296 g/mol. The summed E-state index contributed by atoms with van der Waals surface area (Å²) >= 11 is 0. The van der Waals surface area contributed by atoms with Crippen LogP contribution in [0.25, 0.3) is 0 Å². The molecule has 2 aliphatic heterocycles. The summed E-state index contributed by atoms with van der Waals surface area (Å²) in [6.45, 7) is 8.81. The van der Waals surface area contributed by atoms with E-state index in [9.17, 15) is 0 Å². The highest BCUT2D eigenvalue weighted by Gasteiger charge is 2.19. The van der Waals surface area contributed by atoms with Gasteiger partial charge in [0, 0.05) is 45.9 Å². The zero-order valence-electron chi connectivity index (χ0n) is 14.3. The Kier molecular flexibility index (Phi) is 6.81. The zero-order valence-corrected chi connectivity index (χ0v) is 14.3. The molecule has 4 nitrogen and oxygen atoms in total. The molecule has 0 saturated carbocycles. The topological polar surface area (TPSA) is 30.5 Å². The quantitative estimate of drug-likeness (QED) is 0.902. The van der Waals surface area contributed by atoms with Crippen LogP contribution >= 0.6 is 0 Å². The predicted molar refractivity (Wildman–Crippen MR) is 99.4 cm³/mol. The highest BCUT2D eigenvalue weighted by molar-refractivity contribution is 5.16. The van der Waals surface area contributed by atoms with Crippen LogP contribution in [0.4, 0.5) is 0 Å². The Morgan fingerprint density at radius 1 is 0.667 bits per heavy atom.